The number of hydrazine groups is 1. The highest BCUT2D eigenvalue weighted by atomic mass is 32.1. The quantitative estimate of drug-likeness (QED) is 0.626. The fourth-order valence-corrected chi connectivity index (χ4v) is 2.31. The van der Waals surface area contributed by atoms with Gasteiger partial charge in [0, 0.05) is 29.4 Å². The van der Waals surface area contributed by atoms with Crippen LogP contribution in [0.2, 0.25) is 0 Å². The van der Waals surface area contributed by atoms with Gasteiger partial charge in [-0.05, 0) is 18.1 Å². The molecule has 5 heteroatoms. The van der Waals surface area contributed by atoms with Crippen molar-refractivity contribution in [2.75, 3.05) is 0 Å². The highest BCUT2D eigenvalue weighted by molar-refractivity contribution is 7.09. The van der Waals surface area contributed by atoms with Crippen LogP contribution in [0, 0.1) is 0 Å². The van der Waals surface area contributed by atoms with Gasteiger partial charge in [-0.1, -0.05) is 13.0 Å². The normalized spacial score (nSPS) is 12.6. The van der Waals surface area contributed by atoms with Crippen LogP contribution in [-0.4, -0.2) is 9.97 Å². The van der Waals surface area contributed by atoms with Gasteiger partial charge in [-0.15, -0.1) is 11.3 Å². The number of hydrogen-bond donors (Lipinski definition) is 2. The smallest absolute Gasteiger partial charge is 0.0794 e. The Bertz CT molecular complexity index is 438. The van der Waals surface area contributed by atoms with Gasteiger partial charge in [-0.2, -0.15) is 0 Å². The summed E-state index contributed by atoms with van der Waals surface area (Å²) in [5.74, 6) is 5.57. The predicted octanol–water partition coefficient (Wildman–Crippen LogP) is 1.85. The van der Waals surface area contributed by atoms with E-state index in [1.54, 1.807) is 11.3 Å². The highest BCUT2D eigenvalue weighted by Crippen LogP contribution is 2.20. The summed E-state index contributed by atoms with van der Waals surface area (Å²) < 4.78 is 0. The van der Waals surface area contributed by atoms with E-state index in [0.29, 0.717) is 0 Å². The second-order valence-corrected chi connectivity index (χ2v) is 4.76. The maximum Gasteiger partial charge on any atom is 0.0794 e. The van der Waals surface area contributed by atoms with Crippen molar-refractivity contribution in [2.45, 2.75) is 25.8 Å². The fraction of sp³-hybridized carbons (Fsp3) is 0.333. The molecular weight excluding hydrogens is 232 g/mol. The maximum absolute atomic E-state index is 5.57. The SMILES string of the molecule is CCc1ccc(CC(NN)c2cncs2)nc1. The van der Waals surface area contributed by atoms with Crippen molar-refractivity contribution in [3.8, 4) is 0 Å². The Morgan fingerprint density at radius 2 is 2.29 bits per heavy atom. The van der Waals surface area contributed by atoms with Crippen LogP contribution in [0.4, 0.5) is 0 Å². The highest BCUT2D eigenvalue weighted by Gasteiger charge is 2.12. The number of aromatic nitrogens is 2. The first-order chi connectivity index (χ1) is 8.33. The van der Waals surface area contributed by atoms with Crippen LogP contribution in [0.1, 0.15) is 29.1 Å². The third-order valence-corrected chi connectivity index (χ3v) is 3.59. The Morgan fingerprint density at radius 3 is 2.82 bits per heavy atom. The van der Waals surface area contributed by atoms with Crippen molar-refractivity contribution in [3.63, 3.8) is 0 Å². The lowest BCUT2D eigenvalue weighted by atomic mass is 10.1. The molecular formula is C12H16N4S. The Balaban J connectivity index is 2.07. The molecule has 0 radical (unpaired) electrons. The summed E-state index contributed by atoms with van der Waals surface area (Å²) in [5.41, 5.74) is 6.92. The molecule has 2 rings (SSSR count). The molecule has 0 saturated heterocycles. The van der Waals surface area contributed by atoms with Gasteiger partial charge >= 0.3 is 0 Å². The van der Waals surface area contributed by atoms with Crippen LogP contribution in [0.25, 0.3) is 0 Å². The van der Waals surface area contributed by atoms with E-state index >= 15 is 0 Å². The molecule has 0 bridgehead atoms. The van der Waals surface area contributed by atoms with Crippen molar-refractivity contribution in [3.05, 3.63) is 46.2 Å². The van der Waals surface area contributed by atoms with Gasteiger partial charge in [0.15, 0.2) is 0 Å². The second kappa shape index (κ2) is 5.86. The molecule has 2 heterocycles. The number of pyridine rings is 1. The van der Waals surface area contributed by atoms with Gasteiger partial charge in [0.05, 0.1) is 11.6 Å². The first-order valence-electron chi connectivity index (χ1n) is 5.61. The standard InChI is InChI=1S/C12H16N4S/c1-2-9-3-4-10(15-6-9)5-11(16-13)12-7-14-8-17-12/h3-4,6-8,11,16H,2,5,13H2,1H3. The van der Waals surface area contributed by atoms with E-state index in [2.05, 4.69) is 34.5 Å². The summed E-state index contributed by atoms with van der Waals surface area (Å²) in [5, 5.41) is 0. The zero-order chi connectivity index (χ0) is 12.1. The van der Waals surface area contributed by atoms with Crippen LogP contribution >= 0.6 is 11.3 Å². The summed E-state index contributed by atoms with van der Waals surface area (Å²) in [6.45, 7) is 2.12. The third kappa shape index (κ3) is 3.09. The van der Waals surface area contributed by atoms with Gasteiger partial charge in [-0.3, -0.25) is 21.2 Å². The molecule has 0 aliphatic rings. The second-order valence-electron chi connectivity index (χ2n) is 3.84. The number of nitrogens with two attached hydrogens (primary N) is 1. The summed E-state index contributed by atoms with van der Waals surface area (Å²) in [6.07, 6.45) is 5.56. The number of rotatable bonds is 5. The van der Waals surface area contributed by atoms with E-state index < -0.39 is 0 Å². The van der Waals surface area contributed by atoms with E-state index in [4.69, 9.17) is 5.84 Å². The van der Waals surface area contributed by atoms with Crippen molar-refractivity contribution >= 4 is 11.3 Å². The van der Waals surface area contributed by atoms with Gasteiger partial charge < -0.3 is 0 Å². The molecule has 0 aliphatic heterocycles. The zero-order valence-electron chi connectivity index (χ0n) is 9.76. The minimum Gasteiger partial charge on any atom is -0.271 e. The minimum absolute atomic E-state index is 0.0856. The minimum atomic E-state index is 0.0856. The van der Waals surface area contributed by atoms with Crippen LogP contribution in [0.5, 0.6) is 0 Å². The van der Waals surface area contributed by atoms with E-state index in [-0.39, 0.29) is 6.04 Å². The number of hydrogen-bond acceptors (Lipinski definition) is 5. The average molecular weight is 248 g/mol. The van der Waals surface area contributed by atoms with Crippen molar-refractivity contribution in [2.24, 2.45) is 5.84 Å². The van der Waals surface area contributed by atoms with Crippen molar-refractivity contribution in [1.29, 1.82) is 0 Å². The summed E-state index contributed by atoms with van der Waals surface area (Å²) in [7, 11) is 0. The first kappa shape index (κ1) is 12.2. The lowest BCUT2D eigenvalue weighted by Crippen LogP contribution is -2.29. The van der Waals surface area contributed by atoms with Gasteiger partial charge in [0.25, 0.3) is 0 Å². The number of aryl methyl sites for hydroxylation is 1. The van der Waals surface area contributed by atoms with Crippen LogP contribution in [0.3, 0.4) is 0 Å². The average Bonchev–Trinajstić information content (AvgIpc) is 2.90. The molecule has 17 heavy (non-hydrogen) atoms. The molecule has 0 aromatic carbocycles. The lowest BCUT2D eigenvalue weighted by Gasteiger charge is -2.13. The summed E-state index contributed by atoms with van der Waals surface area (Å²) in [6, 6.07) is 4.26. The van der Waals surface area contributed by atoms with E-state index in [1.165, 1.54) is 5.56 Å². The first-order valence-corrected chi connectivity index (χ1v) is 6.49. The molecule has 0 amide bonds. The molecule has 1 unspecified atom stereocenters. The molecule has 90 valence electrons. The molecule has 3 N–H and O–H groups in total. The van der Waals surface area contributed by atoms with Gasteiger partial charge in [-0.25, -0.2) is 0 Å². The predicted molar refractivity (Wildman–Crippen MR) is 69.5 cm³/mol. The van der Waals surface area contributed by atoms with Gasteiger partial charge in [0.1, 0.15) is 0 Å². The lowest BCUT2D eigenvalue weighted by molar-refractivity contribution is 0.553. The molecule has 2 aromatic rings. The van der Waals surface area contributed by atoms with E-state index in [9.17, 15) is 0 Å². The molecule has 1 atom stereocenters. The largest absolute Gasteiger partial charge is 0.271 e. The van der Waals surface area contributed by atoms with Crippen LogP contribution in [0.15, 0.2) is 30.0 Å². The van der Waals surface area contributed by atoms with Crippen LogP contribution < -0.4 is 11.3 Å². The molecule has 0 saturated carbocycles. The Labute approximate surface area is 105 Å². The van der Waals surface area contributed by atoms with Crippen LogP contribution in [-0.2, 0) is 12.8 Å². The monoisotopic (exact) mass is 248 g/mol. The molecule has 0 spiro atoms. The topological polar surface area (TPSA) is 63.8 Å². The molecule has 0 aliphatic carbocycles. The summed E-state index contributed by atoms with van der Waals surface area (Å²) in [4.78, 5) is 9.63. The maximum atomic E-state index is 5.57. The summed E-state index contributed by atoms with van der Waals surface area (Å²) >= 11 is 1.60. The molecule has 4 nitrogen and oxygen atoms in total. The van der Waals surface area contributed by atoms with Crippen molar-refractivity contribution < 1.29 is 0 Å². The zero-order valence-corrected chi connectivity index (χ0v) is 10.6. The van der Waals surface area contributed by atoms with E-state index in [1.807, 2.05) is 17.9 Å². The van der Waals surface area contributed by atoms with Crippen molar-refractivity contribution in [1.82, 2.24) is 15.4 Å². The molecule has 0 fully saturated rings. The number of thiazole rings is 1. The Kier molecular flexibility index (Phi) is 4.19. The van der Waals surface area contributed by atoms with E-state index in [0.717, 1.165) is 23.4 Å². The molecule has 2 aromatic heterocycles. The number of nitrogens with one attached hydrogen (secondary N) is 1. The number of nitrogens with zero attached hydrogens (tertiary/aromatic N) is 2. The Morgan fingerprint density at radius 1 is 1.41 bits per heavy atom. The van der Waals surface area contributed by atoms with Gasteiger partial charge in [0.2, 0.25) is 0 Å². The third-order valence-electron chi connectivity index (χ3n) is 2.70. The Hall–Kier alpha value is -1.30. The fourth-order valence-electron chi connectivity index (χ4n) is 1.63.